The summed E-state index contributed by atoms with van der Waals surface area (Å²) < 4.78 is 13.1. The van der Waals surface area contributed by atoms with E-state index >= 15 is 0 Å². The van der Waals surface area contributed by atoms with E-state index in [1.165, 1.54) is 12.1 Å². The number of nitrogens with zero attached hydrogens (tertiary/aromatic N) is 1. The molecule has 1 aromatic heterocycles. The number of benzene rings is 1. The van der Waals surface area contributed by atoms with Gasteiger partial charge in [0.05, 0.1) is 23.3 Å². The molecule has 1 aromatic carbocycles. The number of carbonyl (C=O) groups is 1. The fraction of sp³-hybridized carbons (Fsp3) is 0.250. The molecule has 1 unspecified atom stereocenters. The summed E-state index contributed by atoms with van der Waals surface area (Å²) in [5.41, 5.74) is 2.41. The van der Waals surface area contributed by atoms with E-state index in [-0.39, 0.29) is 17.1 Å². The van der Waals surface area contributed by atoms with E-state index in [0.29, 0.717) is 6.54 Å². The van der Waals surface area contributed by atoms with Crippen molar-refractivity contribution in [2.75, 3.05) is 0 Å². The minimum Gasteiger partial charge on any atom is -0.332 e. The molecule has 2 amide bonds. The third-order valence-corrected chi connectivity index (χ3v) is 3.46. The van der Waals surface area contributed by atoms with Gasteiger partial charge in [-0.05, 0) is 43.7 Å². The van der Waals surface area contributed by atoms with E-state index in [4.69, 9.17) is 11.6 Å². The summed E-state index contributed by atoms with van der Waals surface area (Å²) in [5, 5.41) is 5.54. The Morgan fingerprint density at radius 1 is 1.36 bits per heavy atom. The minimum absolute atomic E-state index is 0.0375. The number of hydrogen-bond donors (Lipinski definition) is 2. The largest absolute Gasteiger partial charge is 0.332 e. The van der Waals surface area contributed by atoms with Crippen molar-refractivity contribution < 1.29 is 9.18 Å². The molecule has 2 N–H and O–H groups in total. The molecule has 2 aromatic rings. The van der Waals surface area contributed by atoms with Crippen LogP contribution in [-0.2, 0) is 6.54 Å². The van der Waals surface area contributed by atoms with E-state index < -0.39 is 5.82 Å². The zero-order chi connectivity index (χ0) is 16.1. The number of rotatable bonds is 4. The number of aryl methyl sites for hydroxylation is 1. The van der Waals surface area contributed by atoms with Crippen molar-refractivity contribution in [2.24, 2.45) is 0 Å². The molecule has 0 aliphatic carbocycles. The average molecular weight is 322 g/mol. The van der Waals surface area contributed by atoms with Crippen LogP contribution in [0.2, 0.25) is 5.02 Å². The molecular weight excluding hydrogens is 305 g/mol. The van der Waals surface area contributed by atoms with Crippen LogP contribution in [-0.4, -0.2) is 11.0 Å². The Labute approximate surface area is 133 Å². The highest BCUT2D eigenvalue weighted by Crippen LogP contribution is 2.20. The molecular formula is C16H17ClFN3O. The first-order valence-corrected chi connectivity index (χ1v) is 7.25. The maximum Gasteiger partial charge on any atom is 0.315 e. The maximum atomic E-state index is 13.1. The van der Waals surface area contributed by atoms with Crippen molar-refractivity contribution in [2.45, 2.75) is 26.4 Å². The van der Waals surface area contributed by atoms with Crippen LogP contribution in [0.25, 0.3) is 0 Å². The number of carbonyl (C=O) groups excluding carboxylic acids is 1. The summed E-state index contributed by atoms with van der Waals surface area (Å²) in [6.45, 7) is 4.03. The van der Waals surface area contributed by atoms with Crippen molar-refractivity contribution in [3.63, 3.8) is 0 Å². The summed E-state index contributed by atoms with van der Waals surface area (Å²) in [4.78, 5) is 16.2. The molecule has 0 bridgehead atoms. The van der Waals surface area contributed by atoms with Gasteiger partial charge in [-0.25, -0.2) is 9.18 Å². The van der Waals surface area contributed by atoms with Gasteiger partial charge in [-0.3, -0.25) is 4.98 Å². The van der Waals surface area contributed by atoms with E-state index in [2.05, 4.69) is 15.6 Å². The van der Waals surface area contributed by atoms with Gasteiger partial charge in [0.15, 0.2) is 0 Å². The SMILES string of the molecule is Cc1cccc(CNC(=O)NC(C)c2ccc(F)c(Cl)c2)n1. The van der Waals surface area contributed by atoms with Crippen LogP contribution in [0.4, 0.5) is 9.18 Å². The van der Waals surface area contributed by atoms with E-state index in [0.717, 1.165) is 17.0 Å². The van der Waals surface area contributed by atoms with E-state index in [1.807, 2.05) is 25.1 Å². The standard InChI is InChI=1S/C16H17ClFN3O/c1-10-4-3-5-13(20-10)9-19-16(22)21-11(2)12-6-7-15(18)14(17)8-12/h3-8,11H,9H2,1-2H3,(H2,19,21,22). The van der Waals surface area contributed by atoms with Crippen molar-refractivity contribution in [3.05, 3.63) is 64.2 Å². The van der Waals surface area contributed by atoms with Gasteiger partial charge in [-0.15, -0.1) is 0 Å². The Morgan fingerprint density at radius 2 is 2.14 bits per heavy atom. The van der Waals surface area contributed by atoms with Gasteiger partial charge in [0.1, 0.15) is 5.82 Å². The second kappa shape index (κ2) is 7.22. The van der Waals surface area contributed by atoms with Crippen LogP contribution in [0.5, 0.6) is 0 Å². The Morgan fingerprint density at radius 3 is 2.82 bits per heavy atom. The molecule has 0 saturated heterocycles. The van der Waals surface area contributed by atoms with Gasteiger partial charge in [0.2, 0.25) is 0 Å². The number of halogens is 2. The fourth-order valence-electron chi connectivity index (χ4n) is 1.98. The van der Waals surface area contributed by atoms with Crippen LogP contribution in [0, 0.1) is 12.7 Å². The molecule has 0 fully saturated rings. The molecule has 0 radical (unpaired) electrons. The molecule has 0 aliphatic rings. The molecule has 22 heavy (non-hydrogen) atoms. The molecule has 0 saturated carbocycles. The Bertz CT molecular complexity index is 678. The topological polar surface area (TPSA) is 54.0 Å². The smallest absolute Gasteiger partial charge is 0.315 e. The minimum atomic E-state index is -0.479. The van der Waals surface area contributed by atoms with Gasteiger partial charge >= 0.3 is 6.03 Å². The third kappa shape index (κ3) is 4.43. The summed E-state index contributed by atoms with van der Waals surface area (Å²) >= 11 is 5.74. The number of amides is 2. The van der Waals surface area contributed by atoms with E-state index in [1.54, 1.807) is 13.0 Å². The monoisotopic (exact) mass is 321 g/mol. The average Bonchev–Trinajstić information content (AvgIpc) is 2.48. The Kier molecular flexibility index (Phi) is 5.33. The maximum absolute atomic E-state index is 13.1. The summed E-state index contributed by atoms with van der Waals surface area (Å²) in [6.07, 6.45) is 0. The molecule has 1 heterocycles. The second-order valence-electron chi connectivity index (χ2n) is 4.99. The highest BCUT2D eigenvalue weighted by atomic mass is 35.5. The second-order valence-corrected chi connectivity index (χ2v) is 5.40. The van der Waals surface area contributed by atoms with Crippen LogP contribution >= 0.6 is 11.6 Å². The van der Waals surface area contributed by atoms with E-state index in [9.17, 15) is 9.18 Å². The number of aromatic nitrogens is 1. The Balaban J connectivity index is 1.89. The van der Waals surface area contributed by atoms with Crippen molar-refractivity contribution in [1.82, 2.24) is 15.6 Å². The zero-order valence-electron chi connectivity index (χ0n) is 12.4. The van der Waals surface area contributed by atoms with Crippen LogP contribution in [0.15, 0.2) is 36.4 Å². The van der Waals surface area contributed by atoms with Crippen molar-refractivity contribution in [3.8, 4) is 0 Å². The molecule has 1 atom stereocenters. The molecule has 0 aliphatic heterocycles. The lowest BCUT2D eigenvalue weighted by molar-refractivity contribution is 0.237. The van der Waals surface area contributed by atoms with Gasteiger partial charge in [-0.2, -0.15) is 0 Å². The third-order valence-electron chi connectivity index (χ3n) is 3.17. The molecule has 6 heteroatoms. The Hall–Kier alpha value is -2.14. The predicted molar refractivity (Wildman–Crippen MR) is 84.2 cm³/mol. The quantitative estimate of drug-likeness (QED) is 0.901. The fourth-order valence-corrected chi connectivity index (χ4v) is 2.17. The molecule has 0 spiro atoms. The molecule has 2 rings (SSSR count). The highest BCUT2D eigenvalue weighted by Gasteiger charge is 2.11. The van der Waals surface area contributed by atoms with Crippen LogP contribution in [0.3, 0.4) is 0 Å². The number of hydrogen-bond acceptors (Lipinski definition) is 2. The molecule has 4 nitrogen and oxygen atoms in total. The van der Waals surface area contributed by atoms with Gasteiger partial charge < -0.3 is 10.6 Å². The summed E-state index contributed by atoms with van der Waals surface area (Å²) in [7, 11) is 0. The van der Waals surface area contributed by atoms with Gasteiger partial charge in [0.25, 0.3) is 0 Å². The lowest BCUT2D eigenvalue weighted by atomic mass is 10.1. The van der Waals surface area contributed by atoms with Crippen molar-refractivity contribution in [1.29, 1.82) is 0 Å². The number of urea groups is 1. The predicted octanol–water partition coefficient (Wildman–Crippen LogP) is 3.74. The van der Waals surface area contributed by atoms with Gasteiger partial charge in [0, 0.05) is 5.69 Å². The lowest BCUT2D eigenvalue weighted by Crippen LogP contribution is -2.36. The normalized spacial score (nSPS) is 11.8. The van der Waals surface area contributed by atoms with Crippen LogP contribution < -0.4 is 10.6 Å². The van der Waals surface area contributed by atoms with Crippen molar-refractivity contribution >= 4 is 17.6 Å². The lowest BCUT2D eigenvalue weighted by Gasteiger charge is -2.15. The highest BCUT2D eigenvalue weighted by molar-refractivity contribution is 6.30. The first-order chi connectivity index (χ1) is 10.5. The zero-order valence-corrected chi connectivity index (χ0v) is 13.1. The number of nitrogens with one attached hydrogen (secondary N) is 2. The molecule has 116 valence electrons. The van der Waals surface area contributed by atoms with Gasteiger partial charge in [-0.1, -0.05) is 23.7 Å². The summed E-state index contributed by atoms with van der Waals surface area (Å²) in [6, 6.07) is 9.39. The number of pyridine rings is 1. The first-order valence-electron chi connectivity index (χ1n) is 6.87. The van der Waals surface area contributed by atoms with Crippen LogP contribution in [0.1, 0.15) is 29.9 Å². The first kappa shape index (κ1) is 16.2. The summed E-state index contributed by atoms with van der Waals surface area (Å²) in [5.74, 6) is -0.479.